The minimum Gasteiger partial charge on any atom is -0.487 e. The zero-order chi connectivity index (χ0) is 25.3. The number of benzene rings is 3. The second-order valence-corrected chi connectivity index (χ2v) is 10.2. The van der Waals surface area contributed by atoms with E-state index in [2.05, 4.69) is 37.2 Å². The minimum absolute atomic E-state index is 0.201. The monoisotopic (exact) mass is 636 g/mol. The molecule has 0 unspecified atom stereocenters. The van der Waals surface area contributed by atoms with E-state index in [1.165, 1.54) is 12.1 Å². The SMILES string of the molecule is Cc1ccc(N2C(=O)NC(=O)/C(=C\c3cc(Br)c(OCc4cccc(Cl)c4)c(Br)c3)C2=O)cc1Cl. The van der Waals surface area contributed by atoms with Gasteiger partial charge in [-0.1, -0.05) is 41.4 Å². The van der Waals surface area contributed by atoms with Gasteiger partial charge in [-0.25, -0.2) is 9.69 Å². The van der Waals surface area contributed by atoms with E-state index in [1.54, 1.807) is 37.3 Å². The molecule has 178 valence electrons. The number of aryl methyl sites for hydroxylation is 1. The second kappa shape index (κ2) is 10.5. The van der Waals surface area contributed by atoms with Crippen molar-refractivity contribution in [2.45, 2.75) is 13.5 Å². The molecule has 1 fully saturated rings. The van der Waals surface area contributed by atoms with Gasteiger partial charge in [0.25, 0.3) is 11.8 Å². The molecule has 0 saturated carbocycles. The highest BCUT2D eigenvalue weighted by Crippen LogP contribution is 2.36. The van der Waals surface area contributed by atoms with E-state index in [1.807, 2.05) is 18.2 Å². The van der Waals surface area contributed by atoms with Crippen molar-refractivity contribution in [3.05, 3.63) is 95.9 Å². The number of barbiturate groups is 1. The quantitative estimate of drug-likeness (QED) is 0.240. The lowest BCUT2D eigenvalue weighted by Gasteiger charge is -2.26. The van der Waals surface area contributed by atoms with E-state index in [4.69, 9.17) is 27.9 Å². The summed E-state index contributed by atoms with van der Waals surface area (Å²) in [6.07, 6.45) is 1.41. The molecule has 0 aromatic heterocycles. The third-order valence-corrected chi connectivity index (χ3v) is 6.94. The molecule has 0 spiro atoms. The van der Waals surface area contributed by atoms with Crippen LogP contribution in [-0.2, 0) is 16.2 Å². The van der Waals surface area contributed by atoms with Crippen molar-refractivity contribution < 1.29 is 19.1 Å². The number of urea groups is 1. The Morgan fingerprint density at radius 2 is 1.71 bits per heavy atom. The molecule has 0 aliphatic carbocycles. The standard InChI is InChI=1S/C25H16Br2Cl2N2O4/c1-13-5-6-17(11-21(13)29)31-24(33)18(23(32)30-25(31)34)8-15-9-19(26)22(20(27)10-15)35-12-14-3-2-4-16(28)7-14/h2-11H,12H2,1H3,(H,30,32,34)/b18-8+. The molecule has 4 amide bonds. The third kappa shape index (κ3) is 5.62. The van der Waals surface area contributed by atoms with Crippen molar-refractivity contribution in [3.63, 3.8) is 0 Å². The normalized spacial score (nSPS) is 14.9. The summed E-state index contributed by atoms with van der Waals surface area (Å²) in [5.74, 6) is -1.01. The van der Waals surface area contributed by atoms with Gasteiger partial charge in [0.05, 0.1) is 14.6 Å². The number of carbonyl (C=O) groups is 3. The lowest BCUT2D eigenvalue weighted by Crippen LogP contribution is -2.54. The maximum Gasteiger partial charge on any atom is 0.335 e. The fourth-order valence-electron chi connectivity index (χ4n) is 3.36. The smallest absolute Gasteiger partial charge is 0.335 e. The summed E-state index contributed by atoms with van der Waals surface area (Å²) < 4.78 is 7.12. The van der Waals surface area contributed by atoms with Crippen LogP contribution >= 0.6 is 55.1 Å². The number of nitrogens with one attached hydrogen (secondary N) is 1. The molecule has 1 N–H and O–H groups in total. The first kappa shape index (κ1) is 25.4. The van der Waals surface area contributed by atoms with E-state index in [0.29, 0.717) is 30.3 Å². The molecule has 1 saturated heterocycles. The third-order valence-electron chi connectivity index (χ3n) is 5.12. The molecular weight excluding hydrogens is 623 g/mol. The van der Waals surface area contributed by atoms with Crippen molar-refractivity contribution in [2.75, 3.05) is 4.90 Å². The van der Waals surface area contributed by atoms with Crippen LogP contribution < -0.4 is 15.0 Å². The highest BCUT2D eigenvalue weighted by Gasteiger charge is 2.37. The minimum atomic E-state index is -0.843. The number of nitrogens with zero attached hydrogens (tertiary/aromatic N) is 1. The van der Waals surface area contributed by atoms with Gasteiger partial charge in [-0.2, -0.15) is 0 Å². The first-order chi connectivity index (χ1) is 16.6. The van der Waals surface area contributed by atoms with E-state index >= 15 is 0 Å². The summed E-state index contributed by atoms with van der Waals surface area (Å²) in [5, 5.41) is 3.21. The predicted molar refractivity (Wildman–Crippen MR) is 143 cm³/mol. The Morgan fingerprint density at radius 3 is 2.37 bits per heavy atom. The second-order valence-electron chi connectivity index (χ2n) is 7.62. The van der Waals surface area contributed by atoms with E-state index in [0.717, 1.165) is 16.0 Å². The molecule has 0 atom stereocenters. The number of hydrogen-bond acceptors (Lipinski definition) is 4. The summed E-state index contributed by atoms with van der Waals surface area (Å²) in [5.41, 5.74) is 2.28. The molecule has 4 rings (SSSR count). The van der Waals surface area contributed by atoms with Crippen molar-refractivity contribution in [3.8, 4) is 5.75 Å². The molecular formula is C25H16Br2Cl2N2O4. The van der Waals surface area contributed by atoms with Crippen LogP contribution in [0.4, 0.5) is 10.5 Å². The van der Waals surface area contributed by atoms with Gasteiger partial charge >= 0.3 is 6.03 Å². The molecule has 6 nitrogen and oxygen atoms in total. The van der Waals surface area contributed by atoms with Gasteiger partial charge < -0.3 is 4.74 Å². The average molecular weight is 639 g/mol. The highest BCUT2D eigenvalue weighted by molar-refractivity contribution is 9.11. The van der Waals surface area contributed by atoms with Gasteiger partial charge in [-0.05, 0) is 97.9 Å². The summed E-state index contributed by atoms with van der Waals surface area (Å²) in [6.45, 7) is 2.09. The van der Waals surface area contributed by atoms with E-state index < -0.39 is 17.8 Å². The number of rotatable bonds is 5. The number of halogens is 4. The first-order valence-corrected chi connectivity index (χ1v) is 12.5. The van der Waals surface area contributed by atoms with Crippen LogP contribution in [0.1, 0.15) is 16.7 Å². The fourth-order valence-corrected chi connectivity index (χ4v) is 5.20. The summed E-state index contributed by atoms with van der Waals surface area (Å²) >= 11 is 19.2. The molecule has 1 aliphatic heterocycles. The zero-order valence-corrected chi connectivity index (χ0v) is 22.8. The molecule has 3 aromatic rings. The first-order valence-electron chi connectivity index (χ1n) is 10.2. The van der Waals surface area contributed by atoms with Gasteiger partial charge in [0.2, 0.25) is 0 Å². The number of anilines is 1. The van der Waals surface area contributed by atoms with Gasteiger partial charge in [0, 0.05) is 10.0 Å². The Balaban J connectivity index is 1.62. The summed E-state index contributed by atoms with van der Waals surface area (Å²) in [7, 11) is 0. The van der Waals surface area contributed by atoms with E-state index in [-0.39, 0.29) is 17.9 Å². The Kier molecular flexibility index (Phi) is 7.66. The lowest BCUT2D eigenvalue weighted by atomic mass is 10.1. The maximum absolute atomic E-state index is 13.1. The number of imide groups is 2. The van der Waals surface area contributed by atoms with Crippen molar-refractivity contribution in [1.82, 2.24) is 5.32 Å². The Morgan fingerprint density at radius 1 is 1.00 bits per heavy atom. The van der Waals surface area contributed by atoms with E-state index in [9.17, 15) is 14.4 Å². The lowest BCUT2D eigenvalue weighted by molar-refractivity contribution is -0.122. The van der Waals surface area contributed by atoms with Crippen LogP contribution in [-0.4, -0.2) is 17.8 Å². The Bertz CT molecular complexity index is 1380. The number of ether oxygens (including phenoxy) is 1. The Labute approximate surface area is 228 Å². The van der Waals surface area contributed by atoms with Crippen LogP contribution in [0, 0.1) is 6.92 Å². The average Bonchev–Trinajstić information content (AvgIpc) is 2.78. The van der Waals surface area contributed by atoms with Gasteiger partial charge in [0.15, 0.2) is 0 Å². The van der Waals surface area contributed by atoms with Gasteiger partial charge in [0.1, 0.15) is 17.9 Å². The highest BCUT2D eigenvalue weighted by atomic mass is 79.9. The maximum atomic E-state index is 13.1. The molecule has 1 aliphatic rings. The number of amides is 4. The van der Waals surface area contributed by atoms with Gasteiger partial charge in [-0.15, -0.1) is 0 Å². The number of hydrogen-bond donors (Lipinski definition) is 1. The van der Waals surface area contributed by atoms with Crippen LogP contribution in [0.25, 0.3) is 6.08 Å². The molecule has 0 radical (unpaired) electrons. The predicted octanol–water partition coefficient (Wildman–Crippen LogP) is 7.07. The van der Waals surface area contributed by atoms with Crippen LogP contribution in [0.15, 0.2) is 69.1 Å². The summed E-state index contributed by atoms with van der Waals surface area (Å²) in [6, 6.07) is 14.7. The molecule has 3 aromatic carbocycles. The fraction of sp³-hybridized carbons (Fsp3) is 0.0800. The number of carbonyl (C=O) groups excluding carboxylic acids is 3. The zero-order valence-electron chi connectivity index (χ0n) is 18.1. The molecule has 10 heteroatoms. The van der Waals surface area contributed by atoms with Crippen molar-refractivity contribution in [1.29, 1.82) is 0 Å². The van der Waals surface area contributed by atoms with Crippen molar-refractivity contribution >= 4 is 84.7 Å². The molecule has 0 bridgehead atoms. The molecule has 1 heterocycles. The Hall–Kier alpha value is -2.65. The van der Waals surface area contributed by atoms with Crippen LogP contribution in [0.5, 0.6) is 5.75 Å². The van der Waals surface area contributed by atoms with Crippen molar-refractivity contribution in [2.24, 2.45) is 0 Å². The summed E-state index contributed by atoms with van der Waals surface area (Å²) in [4.78, 5) is 39.0. The largest absolute Gasteiger partial charge is 0.487 e. The topological polar surface area (TPSA) is 75.7 Å². The molecule has 35 heavy (non-hydrogen) atoms. The van der Waals surface area contributed by atoms with Crippen LogP contribution in [0.2, 0.25) is 10.0 Å². The van der Waals surface area contributed by atoms with Gasteiger partial charge in [-0.3, -0.25) is 14.9 Å². The van der Waals surface area contributed by atoms with Crippen LogP contribution in [0.3, 0.4) is 0 Å².